The lowest BCUT2D eigenvalue weighted by atomic mass is 10.1. The Morgan fingerprint density at radius 2 is 1.93 bits per heavy atom. The molecular weight excluding hydrogens is 383 g/mol. The molecule has 0 bridgehead atoms. The molecule has 0 saturated carbocycles. The SMILES string of the molecule is OC[C@H](Nc1cc(-n2ccnc2)c2ccc(Cl)c(Cl)c2n1)c1ccccc1. The maximum atomic E-state index is 9.85. The number of nitrogens with zero attached hydrogens (tertiary/aromatic N) is 3. The Hall–Kier alpha value is -2.60. The Kier molecular flexibility index (Phi) is 4.99. The highest BCUT2D eigenvalue weighted by atomic mass is 35.5. The van der Waals surface area contributed by atoms with Crippen molar-refractivity contribution >= 4 is 39.9 Å². The Morgan fingerprint density at radius 1 is 1.11 bits per heavy atom. The Balaban J connectivity index is 1.84. The van der Waals surface area contributed by atoms with Crippen LogP contribution in [-0.2, 0) is 0 Å². The molecule has 0 amide bonds. The molecule has 2 N–H and O–H groups in total. The molecule has 4 rings (SSSR count). The van der Waals surface area contributed by atoms with Crippen LogP contribution >= 0.6 is 23.2 Å². The summed E-state index contributed by atoms with van der Waals surface area (Å²) < 4.78 is 1.88. The van der Waals surface area contributed by atoms with Gasteiger partial charge in [0.15, 0.2) is 0 Å². The van der Waals surface area contributed by atoms with Gasteiger partial charge in [0.25, 0.3) is 0 Å². The second kappa shape index (κ2) is 7.56. The molecule has 0 fully saturated rings. The summed E-state index contributed by atoms with van der Waals surface area (Å²) in [7, 11) is 0. The third-order valence-corrected chi connectivity index (χ3v) is 5.13. The van der Waals surface area contributed by atoms with Crippen LogP contribution in [0.3, 0.4) is 0 Å². The molecular formula is C20H16Cl2N4O. The fourth-order valence-electron chi connectivity index (χ4n) is 3.00. The second-order valence-electron chi connectivity index (χ2n) is 6.04. The molecule has 7 heteroatoms. The molecule has 0 aliphatic heterocycles. The first kappa shape index (κ1) is 17.8. The molecule has 4 aromatic rings. The van der Waals surface area contributed by atoms with Crippen molar-refractivity contribution in [3.8, 4) is 5.69 Å². The molecule has 136 valence electrons. The molecule has 27 heavy (non-hydrogen) atoms. The average Bonchev–Trinajstić information content (AvgIpc) is 3.24. The second-order valence-corrected chi connectivity index (χ2v) is 6.83. The summed E-state index contributed by atoms with van der Waals surface area (Å²) in [4.78, 5) is 8.77. The van der Waals surface area contributed by atoms with Crippen LogP contribution in [0.1, 0.15) is 11.6 Å². The van der Waals surface area contributed by atoms with Crippen LogP contribution in [0.5, 0.6) is 0 Å². The van der Waals surface area contributed by atoms with Crippen LogP contribution in [0, 0.1) is 0 Å². The highest BCUT2D eigenvalue weighted by Gasteiger charge is 2.16. The lowest BCUT2D eigenvalue weighted by molar-refractivity contribution is 0.276. The van der Waals surface area contributed by atoms with E-state index in [-0.39, 0.29) is 12.6 Å². The fourth-order valence-corrected chi connectivity index (χ4v) is 3.36. The molecule has 2 aromatic carbocycles. The minimum atomic E-state index is -0.301. The molecule has 0 saturated heterocycles. The van der Waals surface area contributed by atoms with Gasteiger partial charge in [-0.3, -0.25) is 0 Å². The fraction of sp³-hybridized carbons (Fsp3) is 0.100. The first-order valence-corrected chi connectivity index (χ1v) is 9.12. The number of pyridine rings is 1. The number of nitrogens with one attached hydrogen (secondary N) is 1. The van der Waals surface area contributed by atoms with Crippen LogP contribution in [0.4, 0.5) is 5.82 Å². The number of aliphatic hydroxyl groups is 1. The number of anilines is 1. The van der Waals surface area contributed by atoms with Gasteiger partial charge in [-0.05, 0) is 17.7 Å². The molecule has 0 radical (unpaired) electrons. The molecule has 0 aliphatic carbocycles. The van der Waals surface area contributed by atoms with Crippen LogP contribution in [0.15, 0.2) is 67.3 Å². The smallest absolute Gasteiger partial charge is 0.129 e. The zero-order valence-electron chi connectivity index (χ0n) is 14.2. The van der Waals surface area contributed by atoms with Crippen molar-refractivity contribution < 1.29 is 5.11 Å². The summed E-state index contributed by atoms with van der Waals surface area (Å²) in [5.74, 6) is 0.582. The quantitative estimate of drug-likeness (QED) is 0.503. The topological polar surface area (TPSA) is 63.0 Å². The number of hydrogen-bond donors (Lipinski definition) is 2. The monoisotopic (exact) mass is 398 g/mol. The molecule has 0 unspecified atom stereocenters. The molecule has 5 nitrogen and oxygen atoms in total. The average molecular weight is 399 g/mol. The first-order chi connectivity index (χ1) is 13.2. The normalized spacial score (nSPS) is 12.3. The number of halogens is 2. The van der Waals surface area contributed by atoms with Crippen molar-refractivity contribution in [2.24, 2.45) is 0 Å². The number of imidazole rings is 1. The van der Waals surface area contributed by atoms with Gasteiger partial charge < -0.3 is 15.0 Å². The predicted octanol–water partition coefficient (Wildman–Crippen LogP) is 4.87. The third kappa shape index (κ3) is 3.49. The van der Waals surface area contributed by atoms with E-state index in [0.29, 0.717) is 21.4 Å². The zero-order chi connectivity index (χ0) is 18.8. The third-order valence-electron chi connectivity index (χ3n) is 4.34. The molecule has 1 atom stereocenters. The standard InChI is InChI=1S/C20H16Cl2N4O/c21-15-7-6-14-17(26-9-8-23-12-26)10-18(25-20(14)19(15)22)24-16(11-27)13-4-2-1-3-5-13/h1-10,12,16,27H,11H2,(H,24,25)/t16-/m0/s1. The Morgan fingerprint density at radius 3 is 2.63 bits per heavy atom. The lowest BCUT2D eigenvalue weighted by Gasteiger charge is -2.19. The van der Waals surface area contributed by atoms with Gasteiger partial charge in [-0.1, -0.05) is 53.5 Å². The Labute approximate surface area is 166 Å². The maximum absolute atomic E-state index is 9.85. The van der Waals surface area contributed by atoms with E-state index < -0.39 is 0 Å². The number of rotatable bonds is 5. The summed E-state index contributed by atoms with van der Waals surface area (Å²) >= 11 is 12.6. The van der Waals surface area contributed by atoms with Crippen LogP contribution in [0.25, 0.3) is 16.6 Å². The van der Waals surface area contributed by atoms with E-state index in [0.717, 1.165) is 16.6 Å². The van der Waals surface area contributed by atoms with E-state index in [1.807, 2.05) is 53.2 Å². The number of aromatic nitrogens is 3. The minimum Gasteiger partial charge on any atom is -0.394 e. The van der Waals surface area contributed by atoms with Gasteiger partial charge in [-0.25, -0.2) is 9.97 Å². The molecule has 0 spiro atoms. The van der Waals surface area contributed by atoms with E-state index in [1.54, 1.807) is 18.6 Å². The first-order valence-electron chi connectivity index (χ1n) is 8.37. The van der Waals surface area contributed by atoms with Crippen LogP contribution < -0.4 is 5.32 Å². The minimum absolute atomic E-state index is 0.0760. The lowest BCUT2D eigenvalue weighted by Crippen LogP contribution is -2.16. The highest BCUT2D eigenvalue weighted by molar-refractivity contribution is 6.45. The van der Waals surface area contributed by atoms with E-state index >= 15 is 0 Å². The van der Waals surface area contributed by atoms with E-state index in [4.69, 9.17) is 23.2 Å². The number of hydrogen-bond acceptors (Lipinski definition) is 4. The van der Waals surface area contributed by atoms with Crippen LogP contribution in [-0.4, -0.2) is 26.2 Å². The zero-order valence-corrected chi connectivity index (χ0v) is 15.7. The highest BCUT2D eigenvalue weighted by Crippen LogP contribution is 2.34. The van der Waals surface area contributed by atoms with Gasteiger partial charge in [0, 0.05) is 23.8 Å². The largest absolute Gasteiger partial charge is 0.394 e. The maximum Gasteiger partial charge on any atom is 0.129 e. The predicted molar refractivity (Wildman–Crippen MR) is 109 cm³/mol. The summed E-state index contributed by atoms with van der Waals surface area (Å²) in [5, 5.41) is 14.8. The van der Waals surface area contributed by atoms with E-state index in [2.05, 4.69) is 15.3 Å². The number of benzene rings is 2. The van der Waals surface area contributed by atoms with Gasteiger partial charge in [0.2, 0.25) is 0 Å². The van der Waals surface area contributed by atoms with Crippen molar-refractivity contribution in [2.75, 3.05) is 11.9 Å². The van der Waals surface area contributed by atoms with Crippen LogP contribution in [0.2, 0.25) is 10.0 Å². The van der Waals surface area contributed by atoms with Gasteiger partial charge in [-0.2, -0.15) is 0 Å². The summed E-state index contributed by atoms with van der Waals surface area (Å²) in [5.41, 5.74) is 2.41. The van der Waals surface area contributed by atoms with Gasteiger partial charge in [0.1, 0.15) is 5.82 Å². The van der Waals surface area contributed by atoms with Gasteiger partial charge in [-0.15, -0.1) is 0 Å². The van der Waals surface area contributed by atoms with Crippen molar-refractivity contribution in [1.82, 2.24) is 14.5 Å². The molecule has 0 aliphatic rings. The van der Waals surface area contributed by atoms with Crippen molar-refractivity contribution in [1.29, 1.82) is 0 Å². The van der Waals surface area contributed by atoms with Gasteiger partial charge in [0.05, 0.1) is 40.2 Å². The molecule has 2 aromatic heterocycles. The summed E-state index contributed by atoms with van der Waals surface area (Å²) in [6, 6.07) is 14.9. The van der Waals surface area contributed by atoms with Crippen molar-refractivity contribution in [3.63, 3.8) is 0 Å². The summed E-state index contributed by atoms with van der Waals surface area (Å²) in [6.07, 6.45) is 5.26. The summed E-state index contributed by atoms with van der Waals surface area (Å²) in [6.45, 7) is -0.0760. The van der Waals surface area contributed by atoms with Gasteiger partial charge >= 0.3 is 0 Å². The van der Waals surface area contributed by atoms with Crippen molar-refractivity contribution in [3.05, 3.63) is 82.9 Å². The van der Waals surface area contributed by atoms with E-state index in [1.165, 1.54) is 0 Å². The Bertz CT molecular complexity index is 1070. The van der Waals surface area contributed by atoms with E-state index in [9.17, 15) is 5.11 Å². The van der Waals surface area contributed by atoms with Crippen molar-refractivity contribution in [2.45, 2.75) is 6.04 Å². The number of fused-ring (bicyclic) bond motifs is 1. The number of aliphatic hydroxyl groups excluding tert-OH is 1. The molecule has 2 heterocycles.